The van der Waals surface area contributed by atoms with Crippen LogP contribution in [0.1, 0.15) is 74.9 Å². The van der Waals surface area contributed by atoms with Crippen molar-refractivity contribution in [3.8, 4) is 34.1 Å². The first-order valence-electron chi connectivity index (χ1n) is 19.8. The topological polar surface area (TPSA) is 35.9 Å². The van der Waals surface area contributed by atoms with Crippen LogP contribution in [0, 0.1) is 18.5 Å². The van der Waals surface area contributed by atoms with Crippen molar-refractivity contribution in [1.29, 1.82) is 0 Å². The fourth-order valence-electron chi connectivity index (χ4n) is 9.95. The minimum atomic E-state index is -0.619. The first-order valence-corrected chi connectivity index (χ1v) is 19.8. The van der Waals surface area contributed by atoms with Gasteiger partial charge >= 0.3 is 0 Å². The summed E-state index contributed by atoms with van der Waals surface area (Å²) in [5, 5.41) is 2.24. The second-order valence-corrected chi connectivity index (χ2v) is 17.7. The van der Waals surface area contributed by atoms with Crippen LogP contribution in [-0.4, -0.2) is 14.1 Å². The molecule has 1 aliphatic heterocycles. The molecule has 0 radical (unpaired) electrons. The Kier molecular flexibility index (Phi) is 7.94. The SMILES string of the molecule is C[n+]1[c-]n2c3c(cccc31)C1(c3ccc(Oc4[c-]c5c(cc4)c4ccccc4n5-c4ccccn4)[c-]c3-2)c2c(cccc2C(C)(C)C)-c2cccc(C(C)(C)C)c21.[Pd]. The smallest absolute Gasteiger partial charge is 0.242 e. The quantitative estimate of drug-likeness (QED) is 0.101. The molecule has 0 fully saturated rings. The van der Waals surface area contributed by atoms with Crippen LogP contribution in [0.4, 0.5) is 0 Å². The van der Waals surface area contributed by atoms with Crippen LogP contribution in [0.2, 0.25) is 0 Å². The summed E-state index contributed by atoms with van der Waals surface area (Å²) < 4.78 is 13.3. The Morgan fingerprint density at radius 3 is 1.98 bits per heavy atom. The van der Waals surface area contributed by atoms with Crippen LogP contribution < -0.4 is 9.30 Å². The maximum absolute atomic E-state index is 6.80. The molecule has 0 unspecified atom stereocenters. The molecule has 2 aliphatic rings. The first kappa shape index (κ1) is 36.5. The molecule has 3 aromatic heterocycles. The second-order valence-electron chi connectivity index (χ2n) is 17.7. The summed E-state index contributed by atoms with van der Waals surface area (Å²) in [6.07, 6.45) is 5.51. The number of aryl methyl sites for hydroxylation is 1. The zero-order valence-corrected chi connectivity index (χ0v) is 35.2. The fourth-order valence-corrected chi connectivity index (χ4v) is 9.95. The van der Waals surface area contributed by atoms with Gasteiger partial charge in [0.2, 0.25) is 6.33 Å². The van der Waals surface area contributed by atoms with Gasteiger partial charge in [0, 0.05) is 49.1 Å². The molecule has 0 bridgehead atoms. The standard InChI is InChI=1S/C52H42N4O.Pd/c1-50(2,3)39-18-12-16-36-37-17-13-19-40(51(4,5)6)48(37)52(47(36)39)38-27-25-33(30-45(38)55-31-54(7)43-22-14-20-41(52)49(43)55)57-32-24-26-35-34-15-8-9-21-42(34)56(44(35)29-32)46-23-10-11-28-53-46;/h8-28H,1-7H3;/q-2;. The van der Waals surface area contributed by atoms with E-state index in [1.165, 1.54) is 44.5 Å². The predicted octanol–water partition coefficient (Wildman–Crippen LogP) is 11.4. The summed E-state index contributed by atoms with van der Waals surface area (Å²) in [5.74, 6) is 2.06. The minimum absolute atomic E-state index is 0. The van der Waals surface area contributed by atoms with Crippen molar-refractivity contribution in [2.24, 2.45) is 7.05 Å². The summed E-state index contributed by atoms with van der Waals surface area (Å²) in [6.45, 7) is 14.1. The van der Waals surface area contributed by atoms with E-state index in [4.69, 9.17) is 9.72 Å². The van der Waals surface area contributed by atoms with E-state index in [-0.39, 0.29) is 31.3 Å². The molecule has 288 valence electrons. The van der Waals surface area contributed by atoms with Crippen LogP contribution in [0.3, 0.4) is 0 Å². The number of ether oxygens (including phenoxy) is 1. The molecule has 0 amide bonds. The molecule has 6 heteroatoms. The molecule has 1 spiro atoms. The average molecular weight is 845 g/mol. The molecule has 0 atom stereocenters. The molecule has 58 heavy (non-hydrogen) atoms. The van der Waals surface area contributed by atoms with Crippen LogP contribution in [0.15, 0.2) is 128 Å². The van der Waals surface area contributed by atoms with E-state index in [0.717, 1.165) is 44.3 Å². The van der Waals surface area contributed by atoms with Crippen molar-refractivity contribution < 1.29 is 29.7 Å². The summed E-state index contributed by atoms with van der Waals surface area (Å²) in [6, 6.07) is 51.0. The van der Waals surface area contributed by atoms with E-state index < -0.39 is 5.41 Å². The van der Waals surface area contributed by atoms with Gasteiger partial charge in [-0.1, -0.05) is 132 Å². The largest absolute Gasteiger partial charge is 0.510 e. The number of benzene rings is 6. The van der Waals surface area contributed by atoms with Crippen LogP contribution in [0.5, 0.6) is 11.5 Å². The number of nitrogens with zero attached hydrogens (tertiary/aromatic N) is 4. The predicted molar refractivity (Wildman–Crippen MR) is 228 cm³/mol. The van der Waals surface area contributed by atoms with Crippen molar-refractivity contribution in [2.75, 3.05) is 0 Å². The number of hydrogen-bond acceptors (Lipinski definition) is 2. The van der Waals surface area contributed by atoms with Crippen LogP contribution in [0.25, 0.3) is 55.5 Å². The molecule has 0 saturated heterocycles. The number of rotatable bonds is 3. The number of pyridine rings is 1. The van der Waals surface area contributed by atoms with Crippen molar-refractivity contribution in [3.63, 3.8) is 0 Å². The van der Waals surface area contributed by atoms with Gasteiger partial charge in [-0.05, 0) is 73.4 Å². The van der Waals surface area contributed by atoms with E-state index >= 15 is 0 Å². The molecular formula is C52H42N4OPd-2. The maximum Gasteiger partial charge on any atom is 0.242 e. The number of imidazole rings is 1. The van der Waals surface area contributed by atoms with Gasteiger partial charge in [-0.15, -0.1) is 35.2 Å². The molecular weight excluding hydrogens is 803 g/mol. The average Bonchev–Trinajstić information content (AvgIpc) is 3.83. The summed E-state index contributed by atoms with van der Waals surface area (Å²) in [7, 11) is 2.09. The fraction of sp³-hybridized carbons (Fsp3) is 0.192. The zero-order valence-electron chi connectivity index (χ0n) is 33.6. The molecule has 0 N–H and O–H groups in total. The molecule has 1 aliphatic carbocycles. The molecule has 6 aromatic carbocycles. The van der Waals surface area contributed by atoms with Crippen molar-refractivity contribution in [1.82, 2.24) is 14.1 Å². The third-order valence-electron chi connectivity index (χ3n) is 12.2. The van der Waals surface area contributed by atoms with Crippen LogP contribution in [-0.2, 0) is 43.7 Å². The zero-order chi connectivity index (χ0) is 39.0. The number of aromatic nitrogens is 4. The third kappa shape index (κ3) is 4.92. The van der Waals surface area contributed by atoms with E-state index in [1.807, 2.05) is 30.5 Å². The van der Waals surface area contributed by atoms with Crippen molar-refractivity contribution in [3.05, 3.63) is 179 Å². The van der Waals surface area contributed by atoms with Gasteiger partial charge in [0.25, 0.3) is 0 Å². The molecule has 11 rings (SSSR count). The Bertz CT molecular complexity index is 3080. The number of fused-ring (bicyclic) bond motifs is 12. The van der Waals surface area contributed by atoms with E-state index in [9.17, 15) is 0 Å². The molecule has 0 saturated carbocycles. The van der Waals surface area contributed by atoms with Gasteiger partial charge in [0.05, 0.1) is 18.1 Å². The number of hydrogen-bond donors (Lipinski definition) is 0. The third-order valence-corrected chi connectivity index (χ3v) is 12.2. The van der Waals surface area contributed by atoms with Gasteiger partial charge < -0.3 is 18.4 Å². The monoisotopic (exact) mass is 844 g/mol. The van der Waals surface area contributed by atoms with Gasteiger partial charge in [-0.3, -0.25) is 0 Å². The van der Waals surface area contributed by atoms with Gasteiger partial charge in [0.15, 0.2) is 0 Å². The Morgan fingerprint density at radius 2 is 1.29 bits per heavy atom. The molecule has 9 aromatic rings. The number of para-hydroxylation sites is 2. The van der Waals surface area contributed by atoms with Crippen LogP contribution >= 0.6 is 0 Å². The maximum atomic E-state index is 6.80. The summed E-state index contributed by atoms with van der Waals surface area (Å²) in [5.41, 5.74) is 14.8. The van der Waals surface area contributed by atoms with E-state index in [2.05, 4.69) is 178 Å². The van der Waals surface area contributed by atoms with E-state index in [0.29, 0.717) is 11.5 Å². The minimum Gasteiger partial charge on any atom is -0.510 e. The Morgan fingerprint density at radius 1 is 0.638 bits per heavy atom. The summed E-state index contributed by atoms with van der Waals surface area (Å²) >= 11 is 0. The van der Waals surface area contributed by atoms with Crippen molar-refractivity contribution >= 4 is 32.8 Å². The van der Waals surface area contributed by atoms with E-state index in [1.54, 1.807) is 0 Å². The normalized spacial score (nSPS) is 13.8. The molecule has 5 nitrogen and oxygen atoms in total. The van der Waals surface area contributed by atoms with Crippen molar-refractivity contribution in [2.45, 2.75) is 57.8 Å². The Hall–Kier alpha value is -5.80. The van der Waals surface area contributed by atoms with Gasteiger partial charge in [-0.2, -0.15) is 12.1 Å². The Labute approximate surface area is 353 Å². The molecule has 4 heterocycles. The first-order chi connectivity index (χ1) is 27.5. The Balaban J connectivity index is 0.00000408. The van der Waals surface area contributed by atoms with Gasteiger partial charge in [0.1, 0.15) is 5.82 Å². The second kappa shape index (κ2) is 12.6. The summed E-state index contributed by atoms with van der Waals surface area (Å²) in [4.78, 5) is 4.72. The van der Waals surface area contributed by atoms with Gasteiger partial charge in [-0.25, -0.2) is 4.98 Å².